The average molecular weight is 413 g/mol. The van der Waals surface area contributed by atoms with Crippen molar-refractivity contribution in [2.24, 2.45) is 10.7 Å². The number of hydrogen-bond donors (Lipinski definition) is 3. The molecule has 0 fully saturated rings. The van der Waals surface area contributed by atoms with E-state index in [0.717, 1.165) is 17.3 Å². The van der Waals surface area contributed by atoms with Gasteiger partial charge in [-0.15, -0.1) is 0 Å². The third-order valence-electron chi connectivity index (χ3n) is 3.69. The van der Waals surface area contributed by atoms with Gasteiger partial charge in [-0.25, -0.2) is 9.79 Å². The third kappa shape index (κ3) is 7.56. The smallest absolute Gasteiger partial charge is 0.356 e. The first-order valence-electron chi connectivity index (χ1n) is 8.37. The van der Waals surface area contributed by atoms with Crippen molar-refractivity contribution in [2.75, 3.05) is 0 Å². The summed E-state index contributed by atoms with van der Waals surface area (Å²) in [6.07, 6.45) is 0.884. The van der Waals surface area contributed by atoms with E-state index in [-0.39, 0.29) is 5.03 Å². The second kappa shape index (κ2) is 11.4. The number of quaternary nitrogens is 1. The van der Waals surface area contributed by atoms with E-state index in [4.69, 9.17) is 27.9 Å². The first kappa shape index (κ1) is 23.5. The Balaban J connectivity index is 0.000000436. The molecule has 2 aromatic carbocycles. The summed E-state index contributed by atoms with van der Waals surface area (Å²) in [5, 5.41) is 17.5. The second-order valence-corrected chi connectivity index (χ2v) is 6.27. The molecule has 2 rings (SSSR count). The predicted octanol–water partition coefficient (Wildman–Crippen LogP) is 2.79. The van der Waals surface area contributed by atoms with E-state index >= 15 is 0 Å². The molecule has 29 heavy (non-hydrogen) atoms. The number of aliphatic carboxylic acids is 1. The van der Waals surface area contributed by atoms with E-state index < -0.39 is 23.2 Å². The number of aliphatic imine (C=N–C) groups is 1. The van der Waals surface area contributed by atoms with Gasteiger partial charge in [0, 0.05) is 5.56 Å². The van der Waals surface area contributed by atoms with Crippen LogP contribution in [0.1, 0.15) is 11.1 Å². The average Bonchev–Trinajstić information content (AvgIpc) is 2.67. The Bertz CT molecular complexity index is 1000. The number of nitrogens with zero attached hydrogens (tertiary/aromatic N) is 2. The van der Waals surface area contributed by atoms with Crippen molar-refractivity contribution in [2.45, 2.75) is 13.8 Å². The van der Waals surface area contributed by atoms with Crippen LogP contribution in [-0.2, 0) is 9.59 Å². The van der Waals surface area contributed by atoms with Crippen LogP contribution in [0.4, 0.5) is 11.4 Å². The Morgan fingerprint density at radius 1 is 1.14 bits per heavy atom. The van der Waals surface area contributed by atoms with E-state index in [2.05, 4.69) is 23.7 Å². The quantitative estimate of drug-likeness (QED) is 0.394. The van der Waals surface area contributed by atoms with Gasteiger partial charge in [-0.05, 0) is 37.6 Å². The van der Waals surface area contributed by atoms with E-state index in [1.165, 1.54) is 11.4 Å². The fourth-order valence-corrected chi connectivity index (χ4v) is 2.21. The molecule has 0 spiro atoms. The highest BCUT2D eigenvalue weighted by molar-refractivity contribution is 6.58. The molecular weight excluding hydrogens is 392 g/mol. The predicted molar refractivity (Wildman–Crippen MR) is 115 cm³/mol. The number of rotatable bonds is 5. The monoisotopic (exact) mass is 412 g/mol. The SMILES string of the molecule is Cc1ccccc1N=C(C(=O)O)/C(Cl)=C/C(=C=[N-])C(N)=O.Cc1ccccc1[NH3+]. The lowest BCUT2D eigenvalue weighted by molar-refractivity contribution is -0.255. The lowest BCUT2D eigenvalue weighted by Gasteiger charge is -2.04. The Morgan fingerprint density at radius 2 is 1.69 bits per heavy atom. The lowest BCUT2D eigenvalue weighted by atomic mass is 10.2. The van der Waals surface area contributed by atoms with Gasteiger partial charge in [0.25, 0.3) is 5.91 Å². The highest BCUT2D eigenvalue weighted by Gasteiger charge is 2.16. The highest BCUT2D eigenvalue weighted by atomic mass is 35.5. The molecule has 0 radical (unpaired) electrons. The summed E-state index contributed by atoms with van der Waals surface area (Å²) in [5.41, 5.74) is 11.4. The maximum Gasteiger partial charge on any atom is 0.356 e. The largest absolute Gasteiger partial charge is 0.763 e. The number of carboxylic acid groups (broad SMARTS) is 1. The molecule has 6 N–H and O–H groups in total. The molecule has 0 aliphatic rings. The van der Waals surface area contributed by atoms with Crippen molar-refractivity contribution < 1.29 is 20.4 Å². The number of primary amides is 1. The topological polar surface area (TPSA) is 143 Å². The van der Waals surface area contributed by atoms with Crippen molar-refractivity contribution in [3.05, 3.63) is 81.7 Å². The minimum Gasteiger partial charge on any atom is -0.763 e. The van der Waals surface area contributed by atoms with Crippen molar-refractivity contribution in [1.29, 1.82) is 0 Å². The van der Waals surface area contributed by atoms with Gasteiger partial charge in [0.05, 0.1) is 16.3 Å². The van der Waals surface area contributed by atoms with Crippen LogP contribution >= 0.6 is 11.6 Å². The number of carboxylic acids is 1. The summed E-state index contributed by atoms with van der Waals surface area (Å²) in [4.78, 5) is 26.1. The normalized spacial score (nSPS) is 11.0. The van der Waals surface area contributed by atoms with Crippen LogP contribution in [0.5, 0.6) is 0 Å². The Labute approximate surface area is 173 Å². The molecule has 7 nitrogen and oxygen atoms in total. The molecule has 0 aromatic heterocycles. The number of hydrogen-bond acceptors (Lipinski definition) is 3. The highest BCUT2D eigenvalue weighted by Crippen LogP contribution is 2.20. The molecule has 0 saturated heterocycles. The van der Waals surface area contributed by atoms with Crippen LogP contribution in [0.2, 0.25) is 0 Å². The molecule has 0 saturated carbocycles. The zero-order valence-corrected chi connectivity index (χ0v) is 16.8. The van der Waals surface area contributed by atoms with Gasteiger partial charge in [0.1, 0.15) is 5.69 Å². The summed E-state index contributed by atoms with van der Waals surface area (Å²) in [6.45, 7) is 3.81. The van der Waals surface area contributed by atoms with Crippen LogP contribution in [-0.4, -0.2) is 28.6 Å². The van der Waals surface area contributed by atoms with Gasteiger partial charge in [-0.1, -0.05) is 48.0 Å². The summed E-state index contributed by atoms with van der Waals surface area (Å²) < 4.78 is 0. The van der Waals surface area contributed by atoms with Gasteiger partial charge in [-0.3, -0.25) is 10.7 Å². The molecule has 0 unspecified atom stereocenters. The lowest BCUT2D eigenvalue weighted by Crippen LogP contribution is -2.40. The molecule has 0 atom stereocenters. The first-order valence-corrected chi connectivity index (χ1v) is 8.74. The van der Waals surface area contributed by atoms with Crippen LogP contribution < -0.4 is 11.5 Å². The maximum absolute atomic E-state index is 11.2. The van der Waals surface area contributed by atoms with Crippen LogP contribution in [0.3, 0.4) is 0 Å². The molecule has 0 aliphatic heterocycles. The van der Waals surface area contributed by atoms with Crippen LogP contribution in [0.15, 0.2) is 70.2 Å². The van der Waals surface area contributed by atoms with E-state index in [1.807, 2.05) is 18.2 Å². The van der Waals surface area contributed by atoms with Crippen molar-refractivity contribution in [1.82, 2.24) is 0 Å². The van der Waals surface area contributed by atoms with Gasteiger partial charge in [0.2, 0.25) is 0 Å². The van der Waals surface area contributed by atoms with E-state index in [0.29, 0.717) is 5.69 Å². The molecule has 0 bridgehead atoms. The molecule has 8 heteroatoms. The number of halogens is 1. The third-order valence-corrected chi connectivity index (χ3v) is 3.98. The van der Waals surface area contributed by atoms with Gasteiger partial charge in [0.15, 0.2) is 5.71 Å². The standard InChI is InChI=1S/C14H11ClN3O3.C7H9N/c1-8-4-2-3-5-11(8)18-12(14(20)21)10(15)6-9(7-16)13(17)19;1-6-4-2-3-5-7(6)8/h2-6H,1H3,(H2,17,19)(H,20,21);2-5H,8H2,1H3/q-1;/p+1/b10-6-,18-12?;. The molecular formula is C21H21ClN4O3. The number of para-hydroxylation sites is 1. The summed E-state index contributed by atoms with van der Waals surface area (Å²) >= 11 is 5.83. The van der Waals surface area contributed by atoms with Gasteiger partial charge >= 0.3 is 5.97 Å². The van der Waals surface area contributed by atoms with Crippen molar-refractivity contribution in [3.63, 3.8) is 0 Å². The second-order valence-electron chi connectivity index (χ2n) is 5.86. The summed E-state index contributed by atoms with van der Waals surface area (Å²) in [7, 11) is 0. The minimum absolute atomic E-state index is 0.360. The molecule has 150 valence electrons. The Morgan fingerprint density at radius 3 is 2.10 bits per heavy atom. The number of carbonyl (C=O) groups is 2. The van der Waals surface area contributed by atoms with E-state index in [1.54, 1.807) is 31.2 Å². The first-order chi connectivity index (χ1) is 13.7. The summed E-state index contributed by atoms with van der Waals surface area (Å²) in [6, 6.07) is 14.9. The fourth-order valence-electron chi connectivity index (χ4n) is 1.98. The van der Waals surface area contributed by atoms with Gasteiger partial charge in [-0.2, -0.15) is 0 Å². The van der Waals surface area contributed by atoms with Gasteiger partial charge < -0.3 is 22.0 Å². The van der Waals surface area contributed by atoms with Crippen LogP contribution in [0, 0.1) is 13.8 Å². The zero-order chi connectivity index (χ0) is 22.0. The molecule has 1 amide bonds. The number of amides is 1. The number of carbonyl (C=O) groups excluding carboxylic acids is 1. The number of benzene rings is 2. The van der Waals surface area contributed by atoms with Crippen molar-refractivity contribution in [3.8, 4) is 0 Å². The minimum atomic E-state index is -1.39. The summed E-state index contributed by atoms with van der Waals surface area (Å²) in [5.74, 6) is -0.856. The fraction of sp³-hybridized carbons (Fsp3) is 0.0952. The van der Waals surface area contributed by atoms with Crippen LogP contribution in [0.25, 0.3) is 5.41 Å². The zero-order valence-electron chi connectivity index (χ0n) is 16.0. The maximum atomic E-state index is 11.2. The van der Waals surface area contributed by atoms with E-state index in [9.17, 15) is 9.59 Å². The molecule has 2 aromatic rings. The molecule has 0 aliphatic carbocycles. The van der Waals surface area contributed by atoms with Crippen molar-refractivity contribution >= 4 is 46.4 Å². The number of aryl methyl sites for hydroxylation is 2. The Hall–Kier alpha value is -3.51. The molecule has 0 heterocycles. The Kier molecular flexibility index (Phi) is 9.22. The number of nitrogens with two attached hydrogens (primary N) is 1.